The van der Waals surface area contributed by atoms with E-state index in [1.54, 1.807) is 6.92 Å². The second-order valence-electron chi connectivity index (χ2n) is 8.44. The van der Waals surface area contributed by atoms with Crippen molar-refractivity contribution in [3.63, 3.8) is 0 Å². The average Bonchev–Trinajstić information content (AvgIpc) is 3.30. The zero-order chi connectivity index (χ0) is 25.0. The summed E-state index contributed by atoms with van der Waals surface area (Å²) >= 11 is 0. The summed E-state index contributed by atoms with van der Waals surface area (Å²) in [5.41, 5.74) is 10.7. The van der Waals surface area contributed by atoms with Crippen LogP contribution in [0.15, 0.2) is 0 Å². The number of aliphatic carboxylic acids is 1. The second kappa shape index (κ2) is 14.4. The standard InChI is InChI=1S/C21H38N6O6/c1-3-12(2)17(20(31)25-14(21(32)33)7-4-5-9-22)27-19(30)15(11-16(23)28)26-18(29)13-8-6-10-24-13/h12-15,17,24H,3-11,22H2,1-2H3,(H2,23,28)(H,25,31)(H,26,29)(H,27,30)(H,32,33). The van der Waals surface area contributed by atoms with Crippen molar-refractivity contribution in [1.29, 1.82) is 0 Å². The molecule has 1 heterocycles. The summed E-state index contributed by atoms with van der Waals surface area (Å²) in [6.07, 6.45) is 2.85. The Labute approximate surface area is 194 Å². The van der Waals surface area contributed by atoms with Gasteiger partial charge in [0.05, 0.1) is 12.5 Å². The van der Waals surface area contributed by atoms with E-state index >= 15 is 0 Å². The summed E-state index contributed by atoms with van der Waals surface area (Å²) in [4.78, 5) is 61.3. The first-order chi connectivity index (χ1) is 15.6. The van der Waals surface area contributed by atoms with Gasteiger partial charge in [0.1, 0.15) is 18.1 Å². The predicted molar refractivity (Wildman–Crippen MR) is 121 cm³/mol. The number of rotatable bonds is 15. The first kappa shape index (κ1) is 28.3. The van der Waals surface area contributed by atoms with Crippen LogP contribution in [0.25, 0.3) is 0 Å². The molecule has 0 bridgehead atoms. The predicted octanol–water partition coefficient (Wildman–Crippen LogP) is -1.67. The second-order valence-corrected chi connectivity index (χ2v) is 8.44. The highest BCUT2D eigenvalue weighted by atomic mass is 16.4. The largest absolute Gasteiger partial charge is 0.480 e. The van der Waals surface area contributed by atoms with Gasteiger partial charge in [0.25, 0.3) is 0 Å². The van der Waals surface area contributed by atoms with E-state index < -0.39 is 60.2 Å². The molecule has 4 amide bonds. The van der Waals surface area contributed by atoms with Crippen LogP contribution in [-0.2, 0) is 24.0 Å². The van der Waals surface area contributed by atoms with Crippen LogP contribution >= 0.6 is 0 Å². The van der Waals surface area contributed by atoms with Crippen LogP contribution in [0.2, 0.25) is 0 Å². The molecule has 1 aliphatic heterocycles. The van der Waals surface area contributed by atoms with Gasteiger partial charge in [-0.25, -0.2) is 4.79 Å². The Hall–Kier alpha value is -2.73. The number of amides is 4. The number of nitrogens with two attached hydrogens (primary N) is 2. The van der Waals surface area contributed by atoms with Crippen LogP contribution in [0.1, 0.15) is 58.8 Å². The lowest BCUT2D eigenvalue weighted by Gasteiger charge is -2.28. The molecule has 1 fully saturated rings. The quantitative estimate of drug-likeness (QED) is 0.137. The minimum Gasteiger partial charge on any atom is -0.480 e. The van der Waals surface area contributed by atoms with Crippen LogP contribution in [0.3, 0.4) is 0 Å². The van der Waals surface area contributed by atoms with E-state index in [9.17, 15) is 29.1 Å². The van der Waals surface area contributed by atoms with Gasteiger partial charge in [0.15, 0.2) is 0 Å². The number of carboxylic acids is 1. The third-order valence-corrected chi connectivity index (χ3v) is 5.77. The van der Waals surface area contributed by atoms with Crippen molar-refractivity contribution in [2.24, 2.45) is 17.4 Å². The molecule has 188 valence electrons. The average molecular weight is 471 g/mol. The molecule has 1 aliphatic rings. The molecule has 0 saturated carbocycles. The third-order valence-electron chi connectivity index (χ3n) is 5.77. The fourth-order valence-electron chi connectivity index (χ4n) is 3.56. The van der Waals surface area contributed by atoms with Crippen LogP contribution in [0, 0.1) is 5.92 Å². The molecule has 12 nitrogen and oxygen atoms in total. The van der Waals surface area contributed by atoms with Crippen molar-refractivity contribution in [3.05, 3.63) is 0 Å². The van der Waals surface area contributed by atoms with Crippen molar-refractivity contribution in [1.82, 2.24) is 21.3 Å². The molecule has 0 aliphatic carbocycles. The zero-order valence-electron chi connectivity index (χ0n) is 19.4. The van der Waals surface area contributed by atoms with Gasteiger partial charge in [-0.1, -0.05) is 20.3 Å². The number of carboxylic acid groups (broad SMARTS) is 1. The molecule has 1 saturated heterocycles. The zero-order valence-corrected chi connectivity index (χ0v) is 19.4. The van der Waals surface area contributed by atoms with E-state index in [0.717, 1.165) is 6.42 Å². The summed E-state index contributed by atoms with van der Waals surface area (Å²) in [5.74, 6) is -4.13. The fraction of sp³-hybridized carbons (Fsp3) is 0.762. The maximum Gasteiger partial charge on any atom is 0.326 e. The van der Waals surface area contributed by atoms with Gasteiger partial charge < -0.3 is 37.8 Å². The summed E-state index contributed by atoms with van der Waals surface area (Å²) in [6, 6.07) is -3.90. The molecule has 9 N–H and O–H groups in total. The fourth-order valence-corrected chi connectivity index (χ4v) is 3.56. The maximum atomic E-state index is 12.9. The van der Waals surface area contributed by atoms with Crippen LogP contribution in [-0.4, -0.2) is 72.0 Å². The lowest BCUT2D eigenvalue weighted by atomic mass is 9.97. The van der Waals surface area contributed by atoms with Gasteiger partial charge in [0, 0.05) is 0 Å². The first-order valence-electron chi connectivity index (χ1n) is 11.5. The Morgan fingerprint density at radius 1 is 1.06 bits per heavy atom. The molecule has 33 heavy (non-hydrogen) atoms. The van der Waals surface area contributed by atoms with E-state index in [1.165, 1.54) is 0 Å². The number of carbonyl (C=O) groups excluding carboxylic acids is 4. The van der Waals surface area contributed by atoms with Crippen LogP contribution in [0.5, 0.6) is 0 Å². The molecule has 0 aromatic heterocycles. The number of hydrogen-bond donors (Lipinski definition) is 7. The van der Waals surface area contributed by atoms with E-state index in [2.05, 4.69) is 21.3 Å². The van der Waals surface area contributed by atoms with Gasteiger partial charge in [-0.2, -0.15) is 0 Å². The molecular formula is C21H38N6O6. The van der Waals surface area contributed by atoms with Gasteiger partial charge in [-0.15, -0.1) is 0 Å². The van der Waals surface area contributed by atoms with Gasteiger partial charge in [-0.3, -0.25) is 19.2 Å². The van der Waals surface area contributed by atoms with E-state index in [4.69, 9.17) is 11.5 Å². The molecule has 12 heteroatoms. The van der Waals surface area contributed by atoms with Crippen molar-refractivity contribution < 1.29 is 29.1 Å². The van der Waals surface area contributed by atoms with Crippen molar-refractivity contribution in [2.45, 2.75) is 83.0 Å². The smallest absolute Gasteiger partial charge is 0.326 e. The monoisotopic (exact) mass is 470 g/mol. The van der Waals surface area contributed by atoms with Crippen LogP contribution in [0.4, 0.5) is 0 Å². The molecule has 1 rings (SSSR count). The minimum atomic E-state index is -1.25. The molecule has 0 spiro atoms. The molecule has 0 radical (unpaired) electrons. The molecule has 5 unspecified atom stereocenters. The third kappa shape index (κ3) is 9.74. The van der Waals surface area contributed by atoms with E-state index in [-0.39, 0.29) is 12.3 Å². The number of carbonyl (C=O) groups is 5. The van der Waals surface area contributed by atoms with Crippen LogP contribution < -0.4 is 32.7 Å². The summed E-state index contributed by atoms with van der Waals surface area (Å²) < 4.78 is 0. The van der Waals surface area contributed by atoms with Crippen molar-refractivity contribution >= 4 is 29.6 Å². The lowest BCUT2D eigenvalue weighted by molar-refractivity contribution is -0.143. The summed E-state index contributed by atoms with van der Waals surface area (Å²) in [5, 5.41) is 20.0. The Morgan fingerprint density at radius 3 is 2.27 bits per heavy atom. The van der Waals surface area contributed by atoms with Gasteiger partial charge in [-0.05, 0) is 51.1 Å². The summed E-state index contributed by atoms with van der Waals surface area (Å²) in [6.45, 7) is 4.65. The topological polar surface area (TPSA) is 206 Å². The Balaban J connectivity index is 2.91. The SMILES string of the molecule is CCC(C)C(NC(=O)C(CC(N)=O)NC(=O)C1CCCN1)C(=O)NC(CCCCN)C(=O)O. The number of primary amides is 1. The Kier molecular flexibility index (Phi) is 12.4. The van der Waals surface area contributed by atoms with E-state index in [1.807, 2.05) is 6.92 Å². The normalized spacial score (nSPS) is 19.1. The van der Waals surface area contributed by atoms with Crippen molar-refractivity contribution in [3.8, 4) is 0 Å². The molecule has 0 aromatic carbocycles. The summed E-state index contributed by atoms with van der Waals surface area (Å²) in [7, 11) is 0. The Morgan fingerprint density at radius 2 is 1.76 bits per heavy atom. The highest BCUT2D eigenvalue weighted by Crippen LogP contribution is 2.11. The van der Waals surface area contributed by atoms with E-state index in [0.29, 0.717) is 38.8 Å². The Bertz CT molecular complexity index is 697. The molecular weight excluding hydrogens is 432 g/mol. The highest BCUT2D eigenvalue weighted by molar-refractivity contribution is 5.96. The first-order valence-corrected chi connectivity index (χ1v) is 11.5. The van der Waals surface area contributed by atoms with Gasteiger partial charge >= 0.3 is 5.97 Å². The molecule has 5 atom stereocenters. The number of nitrogens with one attached hydrogen (secondary N) is 4. The lowest BCUT2D eigenvalue weighted by Crippen LogP contribution is -2.59. The highest BCUT2D eigenvalue weighted by Gasteiger charge is 2.33. The number of unbranched alkanes of at least 4 members (excludes halogenated alkanes) is 1. The molecule has 0 aromatic rings. The number of hydrogen-bond acceptors (Lipinski definition) is 7. The maximum absolute atomic E-state index is 12.9. The minimum absolute atomic E-state index is 0.203. The van der Waals surface area contributed by atoms with Gasteiger partial charge in [0.2, 0.25) is 23.6 Å². The van der Waals surface area contributed by atoms with Crippen molar-refractivity contribution in [2.75, 3.05) is 13.1 Å².